The fourth-order valence-electron chi connectivity index (χ4n) is 2.49. The summed E-state index contributed by atoms with van der Waals surface area (Å²) in [5.74, 6) is 0.450. The van der Waals surface area contributed by atoms with E-state index in [1.165, 1.54) is 0 Å². The molecule has 104 valence electrons. The first-order valence-electron chi connectivity index (χ1n) is 6.68. The molecule has 5 nitrogen and oxygen atoms in total. The summed E-state index contributed by atoms with van der Waals surface area (Å²) in [7, 11) is 2.02. The van der Waals surface area contributed by atoms with Crippen LogP contribution in [0.25, 0.3) is 0 Å². The van der Waals surface area contributed by atoms with Crippen LogP contribution in [0.15, 0.2) is 12.1 Å². The van der Waals surface area contributed by atoms with Gasteiger partial charge in [-0.1, -0.05) is 0 Å². The van der Waals surface area contributed by atoms with E-state index >= 15 is 0 Å². The minimum absolute atomic E-state index is 0.0706. The Bertz CT molecular complexity index is 486. The number of benzene rings is 1. The number of ether oxygens (including phenoxy) is 1. The maximum atomic E-state index is 11.2. The number of rotatable bonds is 3. The topological polar surface area (TPSA) is 55.6 Å². The fraction of sp³-hybridized carbons (Fsp3) is 0.571. The number of hydrogen-bond donors (Lipinski definition) is 0. The summed E-state index contributed by atoms with van der Waals surface area (Å²) >= 11 is 0. The first kappa shape index (κ1) is 13.6. The summed E-state index contributed by atoms with van der Waals surface area (Å²) in [5, 5.41) is 11.2. The lowest BCUT2D eigenvalue weighted by Crippen LogP contribution is -2.18. The third-order valence-corrected chi connectivity index (χ3v) is 3.35. The summed E-state index contributed by atoms with van der Waals surface area (Å²) in [5.41, 5.74) is 2.10. The predicted octanol–water partition coefficient (Wildman–Crippen LogP) is 3.15. The van der Waals surface area contributed by atoms with Crippen molar-refractivity contribution in [2.24, 2.45) is 0 Å². The van der Waals surface area contributed by atoms with Gasteiger partial charge < -0.3 is 9.64 Å². The summed E-state index contributed by atoms with van der Waals surface area (Å²) in [6.07, 6.45) is 2.90. The molecule has 1 aliphatic rings. The van der Waals surface area contributed by atoms with Crippen molar-refractivity contribution >= 4 is 11.4 Å². The van der Waals surface area contributed by atoms with Gasteiger partial charge in [-0.15, -0.1) is 0 Å². The highest BCUT2D eigenvalue weighted by molar-refractivity contribution is 5.67. The number of hydrogen-bond acceptors (Lipinski definition) is 4. The Morgan fingerprint density at radius 1 is 1.37 bits per heavy atom. The van der Waals surface area contributed by atoms with Crippen LogP contribution < -0.4 is 9.64 Å². The zero-order valence-corrected chi connectivity index (χ0v) is 11.7. The van der Waals surface area contributed by atoms with Crippen LogP contribution in [-0.4, -0.2) is 24.6 Å². The third kappa shape index (κ3) is 2.80. The summed E-state index contributed by atoms with van der Waals surface area (Å²) in [4.78, 5) is 13.0. The Morgan fingerprint density at radius 3 is 2.74 bits per heavy atom. The van der Waals surface area contributed by atoms with Crippen molar-refractivity contribution in [3.05, 3.63) is 27.8 Å². The molecule has 0 spiro atoms. The second kappa shape index (κ2) is 5.47. The SMILES string of the molecule is CC(C)Oc1c([N+](=O)[O-])ccc2c1CCCCN2C. The molecule has 0 fully saturated rings. The van der Waals surface area contributed by atoms with Crippen molar-refractivity contribution in [2.45, 2.75) is 39.2 Å². The van der Waals surface area contributed by atoms with Crippen molar-refractivity contribution in [3.8, 4) is 5.75 Å². The standard InChI is InChI=1S/C14H20N2O3/c1-10(2)19-14-11-6-4-5-9-15(3)12(11)7-8-13(14)16(17)18/h7-8,10H,4-6,9H2,1-3H3. The highest BCUT2D eigenvalue weighted by Gasteiger charge is 2.25. The van der Waals surface area contributed by atoms with Crippen molar-refractivity contribution in [1.82, 2.24) is 0 Å². The van der Waals surface area contributed by atoms with Crippen molar-refractivity contribution in [1.29, 1.82) is 0 Å². The van der Waals surface area contributed by atoms with Crippen molar-refractivity contribution < 1.29 is 9.66 Å². The number of nitro groups is 1. The molecule has 1 aromatic carbocycles. The third-order valence-electron chi connectivity index (χ3n) is 3.35. The average molecular weight is 264 g/mol. The van der Waals surface area contributed by atoms with Gasteiger partial charge in [-0.2, -0.15) is 0 Å². The maximum absolute atomic E-state index is 11.2. The van der Waals surface area contributed by atoms with Gasteiger partial charge in [-0.25, -0.2) is 0 Å². The second-order valence-electron chi connectivity index (χ2n) is 5.21. The average Bonchev–Trinajstić information content (AvgIpc) is 2.51. The monoisotopic (exact) mass is 264 g/mol. The quantitative estimate of drug-likeness (QED) is 0.621. The van der Waals surface area contributed by atoms with Gasteiger partial charge in [0.05, 0.1) is 11.0 Å². The zero-order chi connectivity index (χ0) is 14.0. The minimum Gasteiger partial charge on any atom is -0.484 e. The lowest BCUT2D eigenvalue weighted by Gasteiger charge is -2.22. The summed E-state index contributed by atoms with van der Waals surface area (Å²) < 4.78 is 5.74. The van der Waals surface area contributed by atoms with Crippen LogP contribution in [0.5, 0.6) is 5.75 Å². The molecule has 0 atom stereocenters. The number of nitrogens with zero attached hydrogens (tertiary/aromatic N) is 2. The van der Waals surface area contributed by atoms with E-state index in [1.54, 1.807) is 6.07 Å². The van der Waals surface area contributed by atoms with E-state index in [9.17, 15) is 10.1 Å². The van der Waals surface area contributed by atoms with Crippen molar-refractivity contribution in [2.75, 3.05) is 18.5 Å². The van der Waals surface area contributed by atoms with E-state index in [0.717, 1.165) is 37.1 Å². The van der Waals surface area contributed by atoms with E-state index in [4.69, 9.17) is 4.74 Å². The Morgan fingerprint density at radius 2 is 2.11 bits per heavy atom. The maximum Gasteiger partial charge on any atom is 0.311 e. The van der Waals surface area contributed by atoms with Gasteiger partial charge in [0.2, 0.25) is 5.75 Å². The van der Waals surface area contributed by atoms with Gasteiger partial charge in [0.25, 0.3) is 0 Å². The van der Waals surface area contributed by atoms with Crippen LogP contribution in [0.2, 0.25) is 0 Å². The predicted molar refractivity (Wildman–Crippen MR) is 75.1 cm³/mol. The molecule has 1 heterocycles. The molecule has 0 radical (unpaired) electrons. The molecular formula is C14H20N2O3. The van der Waals surface area contributed by atoms with Gasteiger partial charge in [0, 0.05) is 30.9 Å². The van der Waals surface area contributed by atoms with Crippen LogP contribution in [0, 0.1) is 10.1 Å². The van der Waals surface area contributed by atoms with Crippen LogP contribution >= 0.6 is 0 Å². The van der Waals surface area contributed by atoms with E-state index < -0.39 is 0 Å². The van der Waals surface area contributed by atoms with E-state index in [2.05, 4.69) is 4.90 Å². The van der Waals surface area contributed by atoms with Gasteiger partial charge >= 0.3 is 5.69 Å². The minimum atomic E-state index is -0.358. The van der Waals surface area contributed by atoms with Gasteiger partial charge in [0.1, 0.15) is 0 Å². The Kier molecular flexibility index (Phi) is 3.93. The zero-order valence-electron chi connectivity index (χ0n) is 11.7. The molecule has 0 unspecified atom stereocenters. The second-order valence-corrected chi connectivity index (χ2v) is 5.21. The van der Waals surface area contributed by atoms with Gasteiger partial charge in [0.15, 0.2) is 0 Å². The van der Waals surface area contributed by atoms with E-state index in [-0.39, 0.29) is 16.7 Å². The van der Waals surface area contributed by atoms with Crippen LogP contribution in [0.3, 0.4) is 0 Å². The lowest BCUT2D eigenvalue weighted by atomic mass is 10.0. The molecule has 0 saturated carbocycles. The van der Waals surface area contributed by atoms with E-state index in [1.807, 2.05) is 27.0 Å². The largest absolute Gasteiger partial charge is 0.484 e. The Hall–Kier alpha value is -1.78. The summed E-state index contributed by atoms with van der Waals surface area (Å²) in [6.45, 7) is 4.76. The lowest BCUT2D eigenvalue weighted by molar-refractivity contribution is -0.386. The number of fused-ring (bicyclic) bond motifs is 1. The number of nitro benzene ring substituents is 1. The highest BCUT2D eigenvalue weighted by Crippen LogP contribution is 2.40. The molecule has 0 saturated heterocycles. The molecular weight excluding hydrogens is 244 g/mol. The molecule has 0 aromatic heterocycles. The van der Waals surface area contributed by atoms with Gasteiger partial charge in [-0.05, 0) is 39.2 Å². The smallest absolute Gasteiger partial charge is 0.311 e. The van der Waals surface area contributed by atoms with Crippen LogP contribution in [0.1, 0.15) is 32.3 Å². The first-order chi connectivity index (χ1) is 9.00. The first-order valence-corrected chi connectivity index (χ1v) is 6.68. The molecule has 0 bridgehead atoms. The fourth-order valence-corrected chi connectivity index (χ4v) is 2.49. The van der Waals surface area contributed by atoms with Crippen molar-refractivity contribution in [3.63, 3.8) is 0 Å². The molecule has 0 aliphatic carbocycles. The highest BCUT2D eigenvalue weighted by atomic mass is 16.6. The Labute approximate surface area is 113 Å². The van der Waals surface area contributed by atoms with E-state index in [0.29, 0.717) is 5.75 Å². The summed E-state index contributed by atoms with van der Waals surface area (Å²) in [6, 6.07) is 3.39. The normalized spacial score (nSPS) is 15.1. The molecule has 0 N–H and O–H groups in total. The van der Waals surface area contributed by atoms with Crippen LogP contribution in [-0.2, 0) is 6.42 Å². The number of anilines is 1. The Balaban J connectivity index is 2.56. The molecule has 19 heavy (non-hydrogen) atoms. The van der Waals surface area contributed by atoms with Crippen LogP contribution in [0.4, 0.5) is 11.4 Å². The van der Waals surface area contributed by atoms with Gasteiger partial charge in [-0.3, -0.25) is 10.1 Å². The molecule has 1 aromatic rings. The molecule has 0 amide bonds. The molecule has 5 heteroatoms. The molecule has 2 rings (SSSR count). The molecule has 1 aliphatic heterocycles.